The van der Waals surface area contributed by atoms with Gasteiger partial charge in [0, 0.05) is 29.3 Å². The van der Waals surface area contributed by atoms with Crippen molar-refractivity contribution >= 4 is 33.4 Å². The van der Waals surface area contributed by atoms with E-state index in [1.807, 2.05) is 51.1 Å². The molecule has 0 saturated carbocycles. The molecule has 8 nitrogen and oxygen atoms in total. The third-order valence-corrected chi connectivity index (χ3v) is 8.32. The molecule has 1 heterocycles. The van der Waals surface area contributed by atoms with Gasteiger partial charge in [0.1, 0.15) is 5.92 Å². The Hall–Kier alpha value is -3.33. The van der Waals surface area contributed by atoms with E-state index in [4.69, 9.17) is 28.7 Å². The van der Waals surface area contributed by atoms with Crippen LogP contribution in [0.2, 0.25) is 0 Å². The predicted molar refractivity (Wildman–Crippen MR) is 156 cm³/mol. The Morgan fingerprint density at radius 3 is 2.27 bits per heavy atom. The van der Waals surface area contributed by atoms with Crippen molar-refractivity contribution < 1.29 is 33.3 Å². The summed E-state index contributed by atoms with van der Waals surface area (Å²) in [6, 6.07) is 9.43. The number of ether oxygens (including phenoxy) is 5. The number of nitrogens with zero attached hydrogens (tertiary/aromatic N) is 1. The summed E-state index contributed by atoms with van der Waals surface area (Å²) in [5.41, 5.74) is 3.57. The van der Waals surface area contributed by atoms with Gasteiger partial charge >= 0.3 is 5.97 Å². The highest BCUT2D eigenvalue weighted by Gasteiger charge is 2.45. The molecule has 0 N–H and O–H groups in total. The molecule has 214 valence electrons. The van der Waals surface area contributed by atoms with Gasteiger partial charge in [-0.2, -0.15) is 0 Å². The maximum Gasteiger partial charge on any atom is 0.315 e. The molecule has 1 aliphatic carbocycles. The van der Waals surface area contributed by atoms with Crippen LogP contribution in [0.3, 0.4) is 0 Å². The minimum Gasteiger partial charge on any atom is -0.493 e. The summed E-state index contributed by atoms with van der Waals surface area (Å²) in [5, 5.41) is 0. The van der Waals surface area contributed by atoms with Gasteiger partial charge in [-0.1, -0.05) is 13.0 Å². The molecule has 0 spiro atoms. The van der Waals surface area contributed by atoms with E-state index in [1.54, 1.807) is 28.4 Å². The van der Waals surface area contributed by atoms with Crippen LogP contribution in [0.1, 0.15) is 63.0 Å². The number of hydrogen-bond donors (Lipinski definition) is 0. The van der Waals surface area contributed by atoms with Crippen LogP contribution < -0.4 is 18.9 Å². The molecule has 4 rings (SSSR count). The second kappa shape index (κ2) is 12.5. The number of carbonyl (C=O) groups excluding carboxylic acids is 2. The van der Waals surface area contributed by atoms with Crippen molar-refractivity contribution in [2.24, 2.45) is 10.9 Å². The van der Waals surface area contributed by atoms with Crippen LogP contribution in [-0.4, -0.2) is 52.0 Å². The summed E-state index contributed by atoms with van der Waals surface area (Å²) in [6.07, 6.45) is 1.25. The lowest BCUT2D eigenvalue weighted by molar-refractivity contribution is -0.151. The molecule has 0 bridgehead atoms. The van der Waals surface area contributed by atoms with Crippen molar-refractivity contribution in [1.82, 2.24) is 0 Å². The zero-order valence-electron chi connectivity index (χ0n) is 24.0. The normalized spacial score (nSPS) is 21.2. The highest BCUT2D eigenvalue weighted by molar-refractivity contribution is 9.10. The SMILES string of the molecule is CC[C@H](C)OC(=O)C1C(C)=NC2=C(C(=O)C[C@H](c3ccc(OC)c(OC)c3)C2)[C@@H]1c1cc(Br)c(OC)c(OC)c1. The average molecular weight is 615 g/mol. The predicted octanol–water partition coefficient (Wildman–Crippen LogP) is 6.40. The second-order valence-electron chi connectivity index (χ2n) is 10.1. The van der Waals surface area contributed by atoms with Crippen molar-refractivity contribution in [3.05, 3.63) is 57.2 Å². The van der Waals surface area contributed by atoms with Crippen LogP contribution in [0.15, 0.2) is 51.1 Å². The van der Waals surface area contributed by atoms with Crippen LogP contribution in [0.4, 0.5) is 0 Å². The molecular formula is C31H36BrNO7. The lowest BCUT2D eigenvalue weighted by Crippen LogP contribution is -2.39. The van der Waals surface area contributed by atoms with Crippen molar-refractivity contribution in [2.45, 2.75) is 58.0 Å². The van der Waals surface area contributed by atoms with Crippen molar-refractivity contribution in [1.29, 1.82) is 0 Å². The maximum atomic E-state index is 14.0. The first-order valence-corrected chi connectivity index (χ1v) is 14.1. The summed E-state index contributed by atoms with van der Waals surface area (Å²) in [6.45, 7) is 5.65. The largest absolute Gasteiger partial charge is 0.493 e. The number of allylic oxidation sites excluding steroid dienone is 2. The first-order chi connectivity index (χ1) is 19.2. The van der Waals surface area contributed by atoms with E-state index in [9.17, 15) is 9.59 Å². The Labute approximate surface area is 243 Å². The molecular weight excluding hydrogens is 578 g/mol. The number of rotatable bonds is 9. The Morgan fingerprint density at radius 2 is 1.65 bits per heavy atom. The van der Waals surface area contributed by atoms with Crippen LogP contribution in [0.5, 0.6) is 23.0 Å². The van der Waals surface area contributed by atoms with Crippen molar-refractivity contribution in [3.63, 3.8) is 0 Å². The van der Waals surface area contributed by atoms with E-state index in [0.717, 1.165) is 11.1 Å². The third-order valence-electron chi connectivity index (χ3n) is 7.73. The van der Waals surface area contributed by atoms with Crippen LogP contribution in [0.25, 0.3) is 0 Å². The van der Waals surface area contributed by atoms with Crippen LogP contribution in [0, 0.1) is 5.92 Å². The standard InChI is InChI=1S/C31H36BrNO7/c1-8-16(2)40-31(35)27-17(3)33-22-12-19(18-9-10-24(36-4)25(14-18)37-5)13-23(34)29(22)28(27)20-11-21(32)30(39-7)26(15-20)38-6/h9-11,14-16,19,27-28H,8,12-13H2,1-7H3/t16-,19+,27?,28+/m0/s1. The van der Waals surface area contributed by atoms with Gasteiger partial charge < -0.3 is 23.7 Å². The van der Waals surface area contributed by atoms with E-state index in [2.05, 4.69) is 15.9 Å². The number of benzene rings is 2. The van der Waals surface area contributed by atoms with Gasteiger partial charge in [0.2, 0.25) is 0 Å². The van der Waals surface area contributed by atoms with Crippen LogP contribution >= 0.6 is 15.9 Å². The lowest BCUT2D eigenvalue weighted by Gasteiger charge is -2.37. The second-order valence-corrected chi connectivity index (χ2v) is 11.0. The fourth-order valence-electron chi connectivity index (χ4n) is 5.54. The third kappa shape index (κ3) is 5.61. The Kier molecular flexibility index (Phi) is 9.23. The van der Waals surface area contributed by atoms with Gasteiger partial charge in [-0.05, 0) is 83.9 Å². The van der Waals surface area contributed by atoms with Gasteiger partial charge in [-0.25, -0.2) is 0 Å². The van der Waals surface area contributed by atoms with Gasteiger partial charge in [-0.3, -0.25) is 14.6 Å². The molecule has 9 heteroatoms. The van der Waals surface area contributed by atoms with Gasteiger partial charge in [0.05, 0.1) is 39.0 Å². The molecule has 0 amide bonds. The fraction of sp³-hybridized carbons (Fsp3) is 0.452. The van der Waals surface area contributed by atoms with E-state index >= 15 is 0 Å². The Morgan fingerprint density at radius 1 is 0.975 bits per heavy atom. The van der Waals surface area contributed by atoms with E-state index in [0.29, 0.717) is 57.3 Å². The highest BCUT2D eigenvalue weighted by Crippen LogP contribution is 2.49. The Balaban J connectivity index is 1.83. The number of hydrogen-bond acceptors (Lipinski definition) is 8. The summed E-state index contributed by atoms with van der Waals surface area (Å²) < 4.78 is 28.5. The minimum absolute atomic E-state index is 0.0467. The number of halogens is 1. The van der Waals surface area contributed by atoms with E-state index in [1.165, 1.54) is 0 Å². The lowest BCUT2D eigenvalue weighted by atomic mass is 9.69. The fourth-order valence-corrected chi connectivity index (χ4v) is 6.16. The molecule has 0 fully saturated rings. The molecule has 0 radical (unpaired) electrons. The topological polar surface area (TPSA) is 92.7 Å². The number of Topliss-reactive ketones (excluding diaryl/α,β-unsaturated/α-hetero) is 1. The Bertz CT molecular complexity index is 1370. The number of carbonyl (C=O) groups is 2. The van der Waals surface area contributed by atoms with Gasteiger partial charge in [0.25, 0.3) is 0 Å². The zero-order valence-corrected chi connectivity index (χ0v) is 25.6. The molecule has 2 aliphatic rings. The summed E-state index contributed by atoms with van der Waals surface area (Å²) >= 11 is 3.58. The number of esters is 1. The molecule has 2 aromatic rings. The first kappa shape index (κ1) is 29.6. The molecule has 2 aromatic carbocycles. The summed E-state index contributed by atoms with van der Waals surface area (Å²) in [4.78, 5) is 32.4. The van der Waals surface area contributed by atoms with Crippen molar-refractivity contribution in [2.75, 3.05) is 28.4 Å². The number of methoxy groups -OCH3 is 4. The van der Waals surface area contributed by atoms with E-state index < -0.39 is 17.8 Å². The molecule has 40 heavy (non-hydrogen) atoms. The highest BCUT2D eigenvalue weighted by atomic mass is 79.9. The molecule has 0 saturated heterocycles. The van der Waals surface area contributed by atoms with Crippen molar-refractivity contribution in [3.8, 4) is 23.0 Å². The first-order valence-electron chi connectivity index (χ1n) is 13.3. The zero-order chi connectivity index (χ0) is 29.1. The van der Waals surface area contributed by atoms with E-state index in [-0.39, 0.29) is 24.2 Å². The minimum atomic E-state index is -0.751. The quantitative estimate of drug-likeness (QED) is 0.302. The van der Waals surface area contributed by atoms with Gasteiger partial charge in [0.15, 0.2) is 28.8 Å². The maximum absolute atomic E-state index is 14.0. The van der Waals surface area contributed by atoms with Crippen LogP contribution in [-0.2, 0) is 14.3 Å². The molecule has 4 atom stereocenters. The van der Waals surface area contributed by atoms with Gasteiger partial charge in [-0.15, -0.1) is 0 Å². The monoisotopic (exact) mass is 613 g/mol. The average Bonchev–Trinajstić information content (AvgIpc) is 2.95. The number of ketones is 1. The molecule has 0 aromatic heterocycles. The summed E-state index contributed by atoms with van der Waals surface area (Å²) in [7, 11) is 6.30. The number of aliphatic imine (C=N–C) groups is 1. The molecule has 1 unspecified atom stereocenters. The summed E-state index contributed by atoms with van der Waals surface area (Å²) in [5.74, 6) is 0.390. The smallest absolute Gasteiger partial charge is 0.315 e. The molecule has 1 aliphatic heterocycles.